The number of rotatable bonds is 6. The third-order valence-electron chi connectivity index (χ3n) is 3.31. The third-order valence-corrected chi connectivity index (χ3v) is 3.31. The number of amides is 1. The number of anilines is 1. The summed E-state index contributed by atoms with van der Waals surface area (Å²) in [6.45, 7) is 5.18. The fourth-order valence-corrected chi connectivity index (χ4v) is 2.21. The number of aromatic hydroxyl groups is 1. The minimum atomic E-state index is -1.14. The molecule has 0 aromatic heterocycles. The topological polar surface area (TPSA) is 122 Å². The Morgan fingerprint density at radius 3 is 2.52 bits per heavy atom. The Balaban J connectivity index is 2.93. The Bertz CT molecular complexity index is 673. The van der Waals surface area contributed by atoms with Gasteiger partial charge in [0.1, 0.15) is 17.3 Å². The molecule has 0 heterocycles. The van der Waals surface area contributed by atoms with Crippen molar-refractivity contribution in [1.29, 1.82) is 0 Å². The van der Waals surface area contributed by atoms with Crippen molar-refractivity contribution in [2.75, 3.05) is 5.73 Å². The van der Waals surface area contributed by atoms with Crippen LogP contribution in [0.2, 0.25) is 0 Å². The summed E-state index contributed by atoms with van der Waals surface area (Å²) in [5, 5.41) is 21.3. The molecule has 0 fully saturated rings. The number of alkyl carbamates (subject to hydrolysis) is 1. The zero-order valence-corrected chi connectivity index (χ0v) is 14.6. The number of carboxylic acid groups (broad SMARTS) is 1. The first-order valence-corrected chi connectivity index (χ1v) is 7.77. The number of hydrogen-bond acceptors (Lipinski definition) is 5. The first-order valence-electron chi connectivity index (χ1n) is 7.77. The van der Waals surface area contributed by atoms with E-state index in [0.29, 0.717) is 0 Å². The van der Waals surface area contributed by atoms with Crippen molar-refractivity contribution in [3.05, 3.63) is 23.8 Å². The second-order valence-corrected chi connectivity index (χ2v) is 6.73. The van der Waals surface area contributed by atoms with E-state index in [2.05, 4.69) is 11.2 Å². The van der Waals surface area contributed by atoms with Crippen molar-refractivity contribution < 1.29 is 24.5 Å². The molecule has 1 aromatic rings. The quantitative estimate of drug-likeness (QED) is 0.355. The second kappa shape index (κ2) is 8.29. The van der Waals surface area contributed by atoms with Crippen LogP contribution in [0.4, 0.5) is 10.5 Å². The van der Waals surface area contributed by atoms with E-state index in [1.54, 1.807) is 32.9 Å². The number of benzene rings is 1. The number of aliphatic carboxylic acids is 1. The SMILES string of the molecule is C#C[C@H](C[C@H](Cc1ccc(O)c(N)c1)NC(=O)OC(C)(C)C)C(=O)O. The number of ether oxygens (including phenoxy) is 1. The van der Waals surface area contributed by atoms with Crippen LogP contribution in [-0.2, 0) is 16.0 Å². The molecule has 7 heteroatoms. The summed E-state index contributed by atoms with van der Waals surface area (Å²) in [7, 11) is 0. The Hall–Kier alpha value is -2.88. The minimum absolute atomic E-state index is 0.0336. The van der Waals surface area contributed by atoms with E-state index < -0.39 is 29.6 Å². The molecule has 5 N–H and O–H groups in total. The maximum Gasteiger partial charge on any atom is 0.407 e. The number of hydrogen-bond donors (Lipinski definition) is 4. The van der Waals surface area contributed by atoms with Gasteiger partial charge in [0.15, 0.2) is 0 Å². The lowest BCUT2D eigenvalue weighted by Crippen LogP contribution is -2.41. The molecular formula is C18H24N2O5. The highest BCUT2D eigenvalue weighted by Crippen LogP contribution is 2.22. The van der Waals surface area contributed by atoms with Crippen molar-refractivity contribution >= 4 is 17.7 Å². The Kier molecular flexibility index (Phi) is 6.68. The third kappa shape index (κ3) is 7.04. The van der Waals surface area contributed by atoms with Crippen LogP contribution < -0.4 is 11.1 Å². The van der Waals surface area contributed by atoms with Gasteiger partial charge in [0.25, 0.3) is 0 Å². The van der Waals surface area contributed by atoms with Crippen LogP contribution in [-0.4, -0.2) is 33.9 Å². The van der Waals surface area contributed by atoms with Crippen molar-refractivity contribution in [2.24, 2.45) is 5.92 Å². The van der Waals surface area contributed by atoms with Gasteiger partial charge < -0.3 is 26.0 Å². The molecule has 0 spiro atoms. The zero-order chi connectivity index (χ0) is 19.2. The molecule has 0 bridgehead atoms. The van der Waals surface area contributed by atoms with Crippen molar-refractivity contribution in [3.8, 4) is 18.1 Å². The molecule has 0 aliphatic carbocycles. The Morgan fingerprint density at radius 2 is 2.04 bits per heavy atom. The predicted octanol–water partition coefficient (Wildman–Crippen LogP) is 2.13. The molecule has 0 unspecified atom stereocenters. The normalized spacial score (nSPS) is 13.4. The Labute approximate surface area is 147 Å². The van der Waals surface area contributed by atoms with Crippen molar-refractivity contribution in [3.63, 3.8) is 0 Å². The average Bonchev–Trinajstić information content (AvgIpc) is 2.46. The number of nitrogens with two attached hydrogens (primary N) is 1. The van der Waals surface area contributed by atoms with Gasteiger partial charge in [0.2, 0.25) is 0 Å². The van der Waals surface area contributed by atoms with Gasteiger partial charge >= 0.3 is 12.1 Å². The highest BCUT2D eigenvalue weighted by molar-refractivity contribution is 5.74. The van der Waals surface area contributed by atoms with E-state index in [0.717, 1.165) is 5.56 Å². The molecule has 0 radical (unpaired) electrons. The fourth-order valence-electron chi connectivity index (χ4n) is 2.21. The smallest absolute Gasteiger partial charge is 0.407 e. The summed E-state index contributed by atoms with van der Waals surface area (Å²) in [6.07, 6.45) is 4.92. The predicted molar refractivity (Wildman–Crippen MR) is 94.0 cm³/mol. The van der Waals surface area contributed by atoms with E-state index in [4.69, 9.17) is 22.0 Å². The first-order chi connectivity index (χ1) is 11.5. The second-order valence-electron chi connectivity index (χ2n) is 6.73. The largest absolute Gasteiger partial charge is 0.506 e. The van der Waals surface area contributed by atoms with Gasteiger partial charge in [0.05, 0.1) is 5.69 Å². The number of carboxylic acids is 1. The van der Waals surface area contributed by atoms with Gasteiger partial charge in [0, 0.05) is 6.04 Å². The minimum Gasteiger partial charge on any atom is -0.506 e. The number of phenols is 1. The van der Waals surface area contributed by atoms with Crippen molar-refractivity contribution in [1.82, 2.24) is 5.32 Å². The molecule has 0 aliphatic heterocycles. The molecule has 136 valence electrons. The zero-order valence-electron chi connectivity index (χ0n) is 14.6. The van der Waals surface area contributed by atoms with E-state index in [-0.39, 0.29) is 24.3 Å². The molecule has 1 aromatic carbocycles. The van der Waals surface area contributed by atoms with Crippen LogP contribution >= 0.6 is 0 Å². The van der Waals surface area contributed by atoms with E-state index >= 15 is 0 Å². The number of carbonyl (C=O) groups is 2. The van der Waals surface area contributed by atoms with Crippen LogP contribution in [0.25, 0.3) is 0 Å². The van der Waals surface area contributed by atoms with Crippen LogP contribution in [0, 0.1) is 18.3 Å². The lowest BCUT2D eigenvalue weighted by molar-refractivity contribution is -0.140. The van der Waals surface area contributed by atoms with E-state index in [9.17, 15) is 14.7 Å². The lowest BCUT2D eigenvalue weighted by atomic mass is 9.95. The standard InChI is InChI=1S/C18H24N2O5/c1-5-12(16(22)23)10-13(20-17(24)25-18(2,3)4)8-11-6-7-15(21)14(19)9-11/h1,6-7,9,12-13,21H,8,10,19H2,2-4H3,(H,20,24)(H,22,23)/t12-,13+/m1/s1. The van der Waals surface area contributed by atoms with Gasteiger partial charge in [-0.2, -0.15) is 0 Å². The summed E-state index contributed by atoms with van der Waals surface area (Å²) in [6, 6.07) is 4.06. The molecule has 0 aliphatic rings. The first kappa shape index (κ1) is 20.2. The average molecular weight is 348 g/mol. The number of terminal acetylenes is 1. The number of phenolic OH excluding ortho intramolecular Hbond substituents is 1. The number of nitrogens with one attached hydrogen (secondary N) is 1. The summed E-state index contributed by atoms with van der Waals surface area (Å²) in [4.78, 5) is 23.2. The number of carbonyl (C=O) groups excluding carboxylic acids is 1. The molecule has 1 amide bonds. The Morgan fingerprint density at radius 1 is 1.40 bits per heavy atom. The molecule has 7 nitrogen and oxygen atoms in total. The lowest BCUT2D eigenvalue weighted by Gasteiger charge is -2.24. The van der Waals surface area contributed by atoms with Gasteiger partial charge in [-0.15, -0.1) is 6.42 Å². The van der Waals surface area contributed by atoms with Crippen LogP contribution in [0.5, 0.6) is 5.75 Å². The number of nitrogen functional groups attached to an aromatic ring is 1. The molecular weight excluding hydrogens is 324 g/mol. The summed E-state index contributed by atoms with van der Waals surface area (Å²) >= 11 is 0. The van der Waals surface area contributed by atoms with Crippen LogP contribution in [0.15, 0.2) is 18.2 Å². The van der Waals surface area contributed by atoms with Gasteiger partial charge in [-0.3, -0.25) is 4.79 Å². The summed E-state index contributed by atoms with van der Waals surface area (Å²) < 4.78 is 5.21. The molecule has 0 saturated heterocycles. The molecule has 0 saturated carbocycles. The van der Waals surface area contributed by atoms with Crippen LogP contribution in [0.3, 0.4) is 0 Å². The molecule has 1 rings (SSSR count). The maximum absolute atomic E-state index is 12.0. The maximum atomic E-state index is 12.0. The summed E-state index contributed by atoms with van der Waals surface area (Å²) in [5.41, 5.74) is 5.90. The van der Waals surface area contributed by atoms with E-state index in [1.165, 1.54) is 6.07 Å². The van der Waals surface area contributed by atoms with E-state index in [1.807, 2.05) is 0 Å². The fraction of sp³-hybridized carbons (Fsp3) is 0.444. The van der Waals surface area contributed by atoms with Crippen LogP contribution in [0.1, 0.15) is 32.8 Å². The van der Waals surface area contributed by atoms with Gasteiger partial charge in [-0.05, 0) is 51.3 Å². The summed E-state index contributed by atoms with van der Waals surface area (Å²) in [5.74, 6) is -0.0276. The van der Waals surface area contributed by atoms with Gasteiger partial charge in [-0.1, -0.05) is 12.0 Å². The molecule has 2 atom stereocenters. The highest BCUT2D eigenvalue weighted by atomic mass is 16.6. The van der Waals surface area contributed by atoms with Gasteiger partial charge in [-0.25, -0.2) is 4.79 Å². The van der Waals surface area contributed by atoms with Crippen molar-refractivity contribution in [2.45, 2.75) is 45.3 Å². The monoisotopic (exact) mass is 348 g/mol. The highest BCUT2D eigenvalue weighted by Gasteiger charge is 2.25. The molecule has 25 heavy (non-hydrogen) atoms.